The van der Waals surface area contributed by atoms with Gasteiger partial charge in [0.25, 0.3) is 0 Å². The Kier molecular flexibility index (Phi) is 4.40. The second-order valence-electron chi connectivity index (χ2n) is 2.38. The average molecular weight is 146 g/mol. The number of hydrogen-bond acceptors (Lipinski definition) is 1. The van der Waals surface area contributed by atoms with Gasteiger partial charge in [-0.15, -0.1) is 0 Å². The van der Waals surface area contributed by atoms with Crippen LogP contribution in [0.15, 0.2) is 0 Å². The summed E-state index contributed by atoms with van der Waals surface area (Å²) in [7, 11) is 0.788. The third kappa shape index (κ3) is 4.21. The molecule has 0 amide bonds. The van der Waals surface area contributed by atoms with Gasteiger partial charge >= 0.3 is 5.97 Å². The van der Waals surface area contributed by atoms with Gasteiger partial charge in [0.2, 0.25) is 0 Å². The van der Waals surface area contributed by atoms with E-state index in [1.54, 1.807) is 0 Å². The molecule has 0 rings (SSSR count). The largest absolute Gasteiger partial charge is 0.481 e. The van der Waals surface area contributed by atoms with Crippen LogP contribution in [-0.2, 0) is 4.79 Å². The summed E-state index contributed by atoms with van der Waals surface area (Å²) in [5.41, 5.74) is -0.0232. The van der Waals surface area contributed by atoms with Crippen molar-refractivity contribution in [1.82, 2.24) is 0 Å². The third-order valence-electron chi connectivity index (χ3n) is 1.41. The van der Waals surface area contributed by atoms with Gasteiger partial charge in [0, 0.05) is 15.8 Å². The Hall–Kier alpha value is -0.313. The van der Waals surface area contributed by atoms with Gasteiger partial charge in [0.1, 0.15) is 0 Å². The molecule has 1 atom stereocenters. The molecule has 2 nitrogen and oxygen atoms in total. The van der Waals surface area contributed by atoms with E-state index >= 15 is 0 Å². The summed E-state index contributed by atoms with van der Waals surface area (Å²) < 4.78 is 0. The molecule has 0 bridgehead atoms. The van der Waals surface area contributed by atoms with E-state index in [2.05, 4.69) is 6.92 Å². The van der Waals surface area contributed by atoms with E-state index in [0.29, 0.717) is 0 Å². The van der Waals surface area contributed by atoms with Crippen LogP contribution < -0.4 is 0 Å². The molecule has 0 aromatic carbocycles. The van der Waals surface area contributed by atoms with Crippen LogP contribution in [0.3, 0.4) is 0 Å². The lowest BCUT2D eigenvalue weighted by Crippen LogP contribution is -2.06. The molecule has 0 aromatic heterocycles. The van der Waals surface area contributed by atoms with E-state index in [4.69, 9.17) is 5.11 Å². The Bertz CT molecular complexity index is 93.1. The fraction of sp³-hybridized carbons (Fsp3) is 0.833. The zero-order valence-electron chi connectivity index (χ0n) is 6.05. The molecule has 0 aliphatic rings. The van der Waals surface area contributed by atoms with Gasteiger partial charge < -0.3 is 5.11 Å². The van der Waals surface area contributed by atoms with Crippen LogP contribution in [0.4, 0.5) is 0 Å². The average Bonchev–Trinajstić information content (AvgIpc) is 1.82. The van der Waals surface area contributed by atoms with Crippen molar-refractivity contribution in [2.75, 3.05) is 0 Å². The first kappa shape index (κ1) is 8.69. The predicted molar refractivity (Wildman–Crippen MR) is 40.8 cm³/mol. The van der Waals surface area contributed by atoms with Crippen molar-refractivity contribution in [3.05, 3.63) is 0 Å². The molecule has 0 saturated carbocycles. The van der Waals surface area contributed by atoms with Crippen molar-refractivity contribution < 1.29 is 9.90 Å². The smallest absolute Gasteiger partial charge is 0.302 e. The van der Waals surface area contributed by atoms with E-state index in [9.17, 15) is 4.79 Å². The molecule has 0 aliphatic heterocycles. The molecular formula is C6H14O2Si. The minimum absolute atomic E-state index is 0.0232. The lowest BCUT2D eigenvalue weighted by Gasteiger charge is -2.01. The zero-order valence-corrected chi connectivity index (χ0v) is 8.05. The molecule has 1 unspecified atom stereocenters. The molecule has 3 heteroatoms. The molecule has 0 radical (unpaired) electrons. The summed E-state index contributed by atoms with van der Waals surface area (Å²) in [6, 6.07) is 0. The van der Waals surface area contributed by atoms with Crippen molar-refractivity contribution in [1.29, 1.82) is 0 Å². The number of carbonyl (C=O) groups is 1. The Morgan fingerprint density at radius 2 is 2.33 bits per heavy atom. The summed E-state index contributed by atoms with van der Waals surface area (Å²) in [6.45, 7) is 2.08. The molecule has 54 valence electrons. The summed E-state index contributed by atoms with van der Waals surface area (Å²) >= 11 is 0. The molecule has 9 heavy (non-hydrogen) atoms. The van der Waals surface area contributed by atoms with Gasteiger partial charge in [-0.25, -0.2) is 0 Å². The van der Waals surface area contributed by atoms with Crippen LogP contribution in [0.5, 0.6) is 0 Å². The van der Waals surface area contributed by atoms with Crippen molar-refractivity contribution in [3.63, 3.8) is 0 Å². The maximum atomic E-state index is 10.2. The number of carboxylic acids is 1. The summed E-state index contributed by atoms with van der Waals surface area (Å²) in [4.78, 5) is 10.2. The first-order valence-corrected chi connectivity index (χ1v) is 4.56. The number of unbranched alkanes of at least 4 members (excludes halogenated alkanes) is 1. The molecule has 1 N–H and O–H groups in total. The number of carboxylic acid groups (broad SMARTS) is 1. The number of rotatable bonds is 4. The number of hydrogen-bond donors (Lipinski definition) is 1. The standard InChI is InChI=1S/C6H14O2Si/c1-2-3-4-5(9)6(7)8/h5H,2-4H2,1,9H3,(H,7,8). The van der Waals surface area contributed by atoms with Crippen LogP contribution >= 0.6 is 0 Å². The second-order valence-corrected chi connectivity index (χ2v) is 3.78. The molecule has 0 saturated heterocycles. The van der Waals surface area contributed by atoms with E-state index in [1.807, 2.05) is 0 Å². The van der Waals surface area contributed by atoms with Crippen LogP contribution in [-0.4, -0.2) is 21.3 Å². The maximum absolute atomic E-state index is 10.2. The first-order valence-electron chi connectivity index (χ1n) is 3.41. The number of aliphatic carboxylic acids is 1. The third-order valence-corrected chi connectivity index (χ3v) is 2.48. The Balaban J connectivity index is 3.27. The Morgan fingerprint density at radius 3 is 2.67 bits per heavy atom. The summed E-state index contributed by atoms with van der Waals surface area (Å²) in [5, 5.41) is 8.44. The molecule has 0 aromatic rings. The van der Waals surface area contributed by atoms with E-state index < -0.39 is 5.97 Å². The SMILES string of the molecule is CCCCC([SiH3])C(=O)O. The van der Waals surface area contributed by atoms with Crippen LogP contribution in [0.25, 0.3) is 0 Å². The van der Waals surface area contributed by atoms with E-state index in [1.165, 1.54) is 0 Å². The minimum atomic E-state index is -0.616. The zero-order chi connectivity index (χ0) is 7.28. The molecule has 0 aliphatic carbocycles. The van der Waals surface area contributed by atoms with Crippen molar-refractivity contribution >= 4 is 16.2 Å². The maximum Gasteiger partial charge on any atom is 0.302 e. The summed E-state index contributed by atoms with van der Waals surface area (Å²) in [6.07, 6.45) is 3.03. The highest BCUT2D eigenvalue weighted by Crippen LogP contribution is 2.09. The highest BCUT2D eigenvalue weighted by Gasteiger charge is 2.08. The van der Waals surface area contributed by atoms with E-state index in [0.717, 1.165) is 29.5 Å². The van der Waals surface area contributed by atoms with Crippen LogP contribution in [0, 0.1) is 0 Å². The molecule has 0 spiro atoms. The fourth-order valence-electron chi connectivity index (χ4n) is 0.634. The lowest BCUT2D eigenvalue weighted by molar-refractivity contribution is -0.137. The van der Waals surface area contributed by atoms with Crippen molar-refractivity contribution in [2.45, 2.75) is 31.7 Å². The van der Waals surface area contributed by atoms with Crippen molar-refractivity contribution in [3.8, 4) is 0 Å². The Labute approximate surface area is 58.7 Å². The molecule has 0 heterocycles. The topological polar surface area (TPSA) is 37.3 Å². The normalized spacial score (nSPS) is 13.4. The lowest BCUT2D eigenvalue weighted by atomic mass is 10.2. The van der Waals surface area contributed by atoms with E-state index in [-0.39, 0.29) is 5.54 Å². The van der Waals surface area contributed by atoms with Crippen molar-refractivity contribution in [2.24, 2.45) is 0 Å². The van der Waals surface area contributed by atoms with Crippen LogP contribution in [0.2, 0.25) is 5.54 Å². The van der Waals surface area contributed by atoms with Gasteiger partial charge in [-0.3, -0.25) is 4.79 Å². The van der Waals surface area contributed by atoms with Gasteiger partial charge in [0.15, 0.2) is 0 Å². The highest BCUT2D eigenvalue weighted by atomic mass is 28.1. The van der Waals surface area contributed by atoms with Gasteiger partial charge in [-0.05, 0) is 6.42 Å². The monoisotopic (exact) mass is 146 g/mol. The highest BCUT2D eigenvalue weighted by molar-refractivity contribution is 6.22. The van der Waals surface area contributed by atoms with Gasteiger partial charge in [0.05, 0.1) is 0 Å². The second kappa shape index (κ2) is 4.55. The predicted octanol–water partition coefficient (Wildman–Crippen LogP) is 0.415. The Morgan fingerprint density at radius 1 is 1.78 bits per heavy atom. The minimum Gasteiger partial charge on any atom is -0.481 e. The quantitative estimate of drug-likeness (QED) is 0.583. The van der Waals surface area contributed by atoms with Crippen LogP contribution in [0.1, 0.15) is 26.2 Å². The van der Waals surface area contributed by atoms with Gasteiger partial charge in [-0.1, -0.05) is 19.8 Å². The molecular weight excluding hydrogens is 132 g/mol. The van der Waals surface area contributed by atoms with Gasteiger partial charge in [-0.2, -0.15) is 0 Å². The first-order chi connectivity index (χ1) is 4.18. The fourth-order valence-corrected chi connectivity index (χ4v) is 1.04. The summed E-state index contributed by atoms with van der Waals surface area (Å²) in [5.74, 6) is -0.616. The molecule has 0 fully saturated rings.